The van der Waals surface area contributed by atoms with Crippen LogP contribution >= 0.6 is 0 Å². The van der Waals surface area contributed by atoms with Crippen molar-refractivity contribution in [1.29, 1.82) is 0 Å². The summed E-state index contributed by atoms with van der Waals surface area (Å²) in [6.45, 7) is 2.18. The van der Waals surface area contributed by atoms with Crippen molar-refractivity contribution in [3.05, 3.63) is 29.8 Å². The molecule has 0 bridgehead atoms. The van der Waals surface area contributed by atoms with Crippen LogP contribution in [0.1, 0.15) is 24.8 Å². The van der Waals surface area contributed by atoms with E-state index in [2.05, 4.69) is 5.16 Å². The fraction of sp³-hybridized carbons (Fsp3) is 0.429. The maximum atomic E-state index is 11.4. The topological polar surface area (TPSA) is 88.2 Å². The number of benzene rings is 1. The van der Waals surface area contributed by atoms with Crippen molar-refractivity contribution < 1.29 is 14.7 Å². The number of nitrogens with two attached hydrogens (primary N) is 1. The molecule has 3 N–H and O–H groups in total. The molecular weight excluding hydrogens is 258 g/mol. The van der Waals surface area contributed by atoms with E-state index >= 15 is 0 Å². The van der Waals surface area contributed by atoms with Gasteiger partial charge in [-0.2, -0.15) is 0 Å². The molecule has 0 aromatic heterocycles. The van der Waals surface area contributed by atoms with Crippen molar-refractivity contribution >= 4 is 11.7 Å². The van der Waals surface area contributed by atoms with Gasteiger partial charge in [0.1, 0.15) is 5.75 Å². The molecule has 0 aliphatic carbocycles. The Balaban J connectivity index is 1.73. The second kappa shape index (κ2) is 6.79. The van der Waals surface area contributed by atoms with E-state index in [9.17, 15) is 4.79 Å². The monoisotopic (exact) mass is 277 g/mol. The van der Waals surface area contributed by atoms with Gasteiger partial charge >= 0.3 is 0 Å². The number of hydrogen-bond donors (Lipinski definition) is 2. The molecule has 1 aromatic rings. The molecule has 1 fully saturated rings. The van der Waals surface area contributed by atoms with Crippen LogP contribution in [0.3, 0.4) is 0 Å². The molecule has 1 saturated heterocycles. The summed E-state index contributed by atoms with van der Waals surface area (Å²) in [6.07, 6.45) is 2.46. The zero-order chi connectivity index (χ0) is 14.4. The van der Waals surface area contributed by atoms with Crippen LogP contribution in [0.5, 0.6) is 5.75 Å². The van der Waals surface area contributed by atoms with Crippen LogP contribution in [0.25, 0.3) is 0 Å². The van der Waals surface area contributed by atoms with Gasteiger partial charge in [0.05, 0.1) is 6.61 Å². The standard InChI is InChI=1S/C14H19N3O3/c15-14(16-19)11-4-6-12(7-5-11)20-10-2-9-17-8-1-3-13(17)18/h4-7,19H,1-3,8-10H2,(H2,15,16). The third-order valence-electron chi connectivity index (χ3n) is 3.27. The normalized spacial score (nSPS) is 15.7. The molecule has 2 rings (SSSR count). The number of amides is 1. The minimum absolute atomic E-state index is 0.0732. The molecule has 1 aliphatic heterocycles. The van der Waals surface area contributed by atoms with Crippen molar-refractivity contribution in [2.45, 2.75) is 19.3 Å². The highest BCUT2D eigenvalue weighted by atomic mass is 16.5. The van der Waals surface area contributed by atoms with E-state index in [4.69, 9.17) is 15.7 Å². The lowest BCUT2D eigenvalue weighted by atomic mass is 10.2. The van der Waals surface area contributed by atoms with Crippen LogP contribution in [0.15, 0.2) is 29.4 Å². The number of carbonyl (C=O) groups is 1. The van der Waals surface area contributed by atoms with Crippen LogP contribution in [0.2, 0.25) is 0 Å². The first-order valence-electron chi connectivity index (χ1n) is 6.69. The summed E-state index contributed by atoms with van der Waals surface area (Å²) in [6, 6.07) is 7.01. The average Bonchev–Trinajstić information content (AvgIpc) is 2.89. The zero-order valence-electron chi connectivity index (χ0n) is 11.3. The number of carbonyl (C=O) groups excluding carboxylic acids is 1. The second-order valence-corrected chi connectivity index (χ2v) is 4.70. The van der Waals surface area contributed by atoms with Gasteiger partial charge in [0, 0.05) is 25.1 Å². The summed E-state index contributed by atoms with van der Waals surface area (Å²) < 4.78 is 5.59. The Kier molecular flexibility index (Phi) is 4.81. The third kappa shape index (κ3) is 3.63. The highest BCUT2D eigenvalue weighted by molar-refractivity contribution is 5.97. The van der Waals surface area contributed by atoms with Gasteiger partial charge in [0.15, 0.2) is 5.84 Å². The van der Waals surface area contributed by atoms with Gasteiger partial charge < -0.3 is 20.6 Å². The quantitative estimate of drug-likeness (QED) is 0.269. The van der Waals surface area contributed by atoms with Gasteiger partial charge in [-0.05, 0) is 37.1 Å². The first kappa shape index (κ1) is 14.2. The molecule has 1 heterocycles. The molecule has 1 amide bonds. The van der Waals surface area contributed by atoms with Crippen LogP contribution in [0.4, 0.5) is 0 Å². The third-order valence-corrected chi connectivity index (χ3v) is 3.27. The minimum atomic E-state index is 0.0732. The lowest BCUT2D eigenvalue weighted by Crippen LogP contribution is -2.26. The molecule has 0 unspecified atom stereocenters. The fourth-order valence-corrected chi connectivity index (χ4v) is 2.17. The number of oxime groups is 1. The molecule has 0 radical (unpaired) electrons. The number of nitrogens with zero attached hydrogens (tertiary/aromatic N) is 2. The number of amidine groups is 1. The Morgan fingerprint density at radius 2 is 2.15 bits per heavy atom. The number of rotatable bonds is 6. The van der Waals surface area contributed by atoms with E-state index in [1.54, 1.807) is 24.3 Å². The van der Waals surface area contributed by atoms with E-state index < -0.39 is 0 Å². The summed E-state index contributed by atoms with van der Waals surface area (Å²) in [5.74, 6) is 1.05. The molecule has 108 valence electrons. The predicted molar refractivity (Wildman–Crippen MR) is 74.9 cm³/mol. The Bertz CT molecular complexity index is 485. The van der Waals surface area contributed by atoms with Crippen LogP contribution < -0.4 is 10.5 Å². The van der Waals surface area contributed by atoms with Crippen LogP contribution in [0, 0.1) is 0 Å². The maximum absolute atomic E-state index is 11.4. The van der Waals surface area contributed by atoms with Crippen molar-refractivity contribution in [2.75, 3.05) is 19.7 Å². The van der Waals surface area contributed by atoms with Gasteiger partial charge in [0.25, 0.3) is 0 Å². The minimum Gasteiger partial charge on any atom is -0.494 e. The SMILES string of the molecule is NC(=NO)c1ccc(OCCCN2CCCC2=O)cc1. The number of ether oxygens (including phenoxy) is 1. The Morgan fingerprint density at radius 1 is 1.40 bits per heavy atom. The molecule has 1 aromatic carbocycles. The second-order valence-electron chi connectivity index (χ2n) is 4.70. The van der Waals surface area contributed by atoms with Gasteiger partial charge in [-0.1, -0.05) is 5.16 Å². The lowest BCUT2D eigenvalue weighted by Gasteiger charge is -2.15. The molecule has 1 aliphatic rings. The fourth-order valence-electron chi connectivity index (χ4n) is 2.17. The summed E-state index contributed by atoms with van der Waals surface area (Å²) in [7, 11) is 0. The van der Waals surface area contributed by atoms with E-state index in [1.807, 2.05) is 4.90 Å². The molecular formula is C14H19N3O3. The maximum Gasteiger partial charge on any atom is 0.222 e. The molecule has 0 atom stereocenters. The molecule has 20 heavy (non-hydrogen) atoms. The number of likely N-dealkylation sites (tertiary alicyclic amines) is 1. The lowest BCUT2D eigenvalue weighted by molar-refractivity contribution is -0.127. The first-order chi connectivity index (χ1) is 9.70. The molecule has 6 heteroatoms. The summed E-state index contributed by atoms with van der Waals surface area (Å²) in [4.78, 5) is 13.3. The highest BCUT2D eigenvalue weighted by Crippen LogP contribution is 2.13. The van der Waals surface area contributed by atoms with Crippen molar-refractivity contribution in [3.8, 4) is 5.75 Å². The average molecular weight is 277 g/mol. The largest absolute Gasteiger partial charge is 0.494 e. The first-order valence-corrected chi connectivity index (χ1v) is 6.69. The smallest absolute Gasteiger partial charge is 0.222 e. The van der Waals surface area contributed by atoms with Crippen molar-refractivity contribution in [3.63, 3.8) is 0 Å². The molecule has 6 nitrogen and oxygen atoms in total. The van der Waals surface area contributed by atoms with Crippen molar-refractivity contribution in [2.24, 2.45) is 10.9 Å². The summed E-state index contributed by atoms with van der Waals surface area (Å²) in [5, 5.41) is 11.5. The van der Waals surface area contributed by atoms with Gasteiger partial charge in [-0.3, -0.25) is 4.79 Å². The molecule has 0 saturated carbocycles. The van der Waals surface area contributed by atoms with E-state index in [0.717, 1.165) is 31.7 Å². The van der Waals surface area contributed by atoms with E-state index in [1.165, 1.54) is 0 Å². The van der Waals surface area contributed by atoms with E-state index in [0.29, 0.717) is 18.6 Å². The Morgan fingerprint density at radius 3 is 2.75 bits per heavy atom. The predicted octanol–water partition coefficient (Wildman–Crippen LogP) is 1.17. The van der Waals surface area contributed by atoms with Crippen LogP contribution in [-0.2, 0) is 4.79 Å². The summed E-state index contributed by atoms with van der Waals surface area (Å²) >= 11 is 0. The van der Waals surface area contributed by atoms with Crippen molar-refractivity contribution in [1.82, 2.24) is 4.90 Å². The highest BCUT2D eigenvalue weighted by Gasteiger charge is 2.18. The summed E-state index contributed by atoms with van der Waals surface area (Å²) in [5.41, 5.74) is 6.11. The zero-order valence-corrected chi connectivity index (χ0v) is 11.3. The number of hydrogen-bond acceptors (Lipinski definition) is 4. The molecule has 0 spiro atoms. The van der Waals surface area contributed by atoms with Gasteiger partial charge in [-0.25, -0.2) is 0 Å². The van der Waals surface area contributed by atoms with Gasteiger partial charge in [-0.15, -0.1) is 0 Å². The van der Waals surface area contributed by atoms with E-state index in [-0.39, 0.29) is 11.7 Å². The Labute approximate surface area is 117 Å². The van der Waals surface area contributed by atoms with Gasteiger partial charge in [0.2, 0.25) is 5.91 Å². The van der Waals surface area contributed by atoms with Crippen LogP contribution in [-0.4, -0.2) is 41.5 Å². The Hall–Kier alpha value is -2.24.